The standard InChI is InChI=1S/C24H25N3OS.ClH/c1-2-6-21-19(5-1)23(9-11-25-21)28-17-4-12-26-13-15-27(16-14-26)22-7-3-8-24-20(22)10-18-29-24;/h1-3,5-11,18H,4,12-17H2;1H. The molecule has 0 saturated carbocycles. The van der Waals surface area contributed by atoms with Gasteiger partial charge in [0, 0.05) is 60.1 Å². The van der Waals surface area contributed by atoms with Gasteiger partial charge < -0.3 is 9.64 Å². The largest absolute Gasteiger partial charge is 0.493 e. The number of fused-ring (bicyclic) bond motifs is 2. The molecule has 2 aromatic carbocycles. The van der Waals surface area contributed by atoms with Crippen LogP contribution in [0.1, 0.15) is 6.42 Å². The first-order valence-electron chi connectivity index (χ1n) is 10.3. The van der Waals surface area contributed by atoms with Crippen molar-refractivity contribution in [3.63, 3.8) is 0 Å². The molecule has 0 radical (unpaired) electrons. The normalized spacial score (nSPS) is 14.7. The quantitative estimate of drug-likeness (QED) is 0.373. The molecule has 0 N–H and O–H groups in total. The van der Waals surface area contributed by atoms with E-state index in [1.54, 1.807) is 0 Å². The fourth-order valence-electron chi connectivity index (χ4n) is 4.13. The highest BCUT2D eigenvalue weighted by molar-refractivity contribution is 7.17. The first-order chi connectivity index (χ1) is 14.4. The number of thiophene rings is 1. The van der Waals surface area contributed by atoms with Crippen molar-refractivity contribution in [1.82, 2.24) is 9.88 Å². The number of hydrogen-bond acceptors (Lipinski definition) is 5. The molecule has 1 fully saturated rings. The molecule has 0 unspecified atom stereocenters. The van der Waals surface area contributed by atoms with Gasteiger partial charge in [0.05, 0.1) is 12.1 Å². The van der Waals surface area contributed by atoms with Crippen LogP contribution in [0.15, 0.2) is 66.2 Å². The summed E-state index contributed by atoms with van der Waals surface area (Å²) in [6.45, 7) is 6.22. The fraction of sp³-hybridized carbons (Fsp3) is 0.292. The summed E-state index contributed by atoms with van der Waals surface area (Å²) in [6, 6.07) is 19.0. The Morgan fingerprint density at radius 3 is 2.67 bits per heavy atom. The Kier molecular flexibility index (Phi) is 6.72. The maximum atomic E-state index is 6.06. The second-order valence-corrected chi connectivity index (χ2v) is 8.41. The molecule has 1 aliphatic rings. The summed E-state index contributed by atoms with van der Waals surface area (Å²) in [5.74, 6) is 0.935. The van der Waals surface area contributed by atoms with Crippen molar-refractivity contribution in [2.24, 2.45) is 0 Å². The van der Waals surface area contributed by atoms with Gasteiger partial charge in [-0.3, -0.25) is 9.88 Å². The topological polar surface area (TPSA) is 28.6 Å². The van der Waals surface area contributed by atoms with Crippen LogP contribution in [0.4, 0.5) is 5.69 Å². The third-order valence-corrected chi connectivity index (χ3v) is 6.55. The van der Waals surface area contributed by atoms with Gasteiger partial charge in [-0.05, 0) is 48.2 Å². The Hall–Kier alpha value is -2.34. The summed E-state index contributed by atoms with van der Waals surface area (Å²) in [5.41, 5.74) is 2.37. The average molecular weight is 440 g/mol. The fourth-order valence-corrected chi connectivity index (χ4v) is 4.94. The molecule has 4 nitrogen and oxygen atoms in total. The Bertz CT molecular complexity index is 1100. The van der Waals surface area contributed by atoms with E-state index in [-0.39, 0.29) is 12.4 Å². The second kappa shape index (κ2) is 9.65. The zero-order valence-corrected chi connectivity index (χ0v) is 18.5. The van der Waals surface area contributed by atoms with Gasteiger partial charge in [0.2, 0.25) is 0 Å². The predicted octanol–water partition coefficient (Wildman–Crippen LogP) is 5.46. The number of hydrogen-bond donors (Lipinski definition) is 0. The number of benzene rings is 2. The second-order valence-electron chi connectivity index (χ2n) is 7.47. The molecular weight excluding hydrogens is 414 g/mol. The van der Waals surface area contributed by atoms with Crippen molar-refractivity contribution in [3.05, 3.63) is 66.2 Å². The molecule has 5 rings (SSSR count). The molecule has 1 saturated heterocycles. The molecule has 156 valence electrons. The van der Waals surface area contributed by atoms with Crippen molar-refractivity contribution in [2.45, 2.75) is 6.42 Å². The summed E-state index contributed by atoms with van der Waals surface area (Å²) in [4.78, 5) is 9.49. The molecule has 2 aromatic heterocycles. The highest BCUT2D eigenvalue weighted by Gasteiger charge is 2.18. The first-order valence-corrected chi connectivity index (χ1v) is 11.2. The van der Waals surface area contributed by atoms with Crippen molar-refractivity contribution in [1.29, 1.82) is 0 Å². The van der Waals surface area contributed by atoms with Gasteiger partial charge in [-0.2, -0.15) is 0 Å². The third-order valence-electron chi connectivity index (χ3n) is 5.67. The van der Waals surface area contributed by atoms with Crippen LogP contribution in [-0.4, -0.2) is 49.2 Å². The number of aromatic nitrogens is 1. The van der Waals surface area contributed by atoms with Crippen LogP contribution in [0.5, 0.6) is 5.75 Å². The number of anilines is 1. The maximum Gasteiger partial charge on any atom is 0.130 e. The highest BCUT2D eigenvalue weighted by Crippen LogP contribution is 2.31. The van der Waals surface area contributed by atoms with Crippen LogP contribution in [0, 0.1) is 0 Å². The number of nitrogens with zero attached hydrogens (tertiary/aromatic N) is 3. The monoisotopic (exact) mass is 439 g/mol. The number of ether oxygens (including phenoxy) is 1. The maximum absolute atomic E-state index is 6.06. The van der Waals surface area contributed by atoms with Gasteiger partial charge in [0.25, 0.3) is 0 Å². The number of rotatable bonds is 6. The van der Waals surface area contributed by atoms with Gasteiger partial charge in [0.1, 0.15) is 5.75 Å². The summed E-state index contributed by atoms with van der Waals surface area (Å²) in [5, 5.41) is 4.67. The van der Waals surface area contributed by atoms with Crippen LogP contribution >= 0.6 is 23.7 Å². The molecule has 0 spiro atoms. The number of piperazine rings is 1. The molecule has 6 heteroatoms. The lowest BCUT2D eigenvalue weighted by Crippen LogP contribution is -2.46. The zero-order valence-electron chi connectivity index (χ0n) is 16.9. The summed E-state index contributed by atoms with van der Waals surface area (Å²) >= 11 is 1.82. The summed E-state index contributed by atoms with van der Waals surface area (Å²) in [7, 11) is 0. The van der Waals surface area contributed by atoms with Crippen molar-refractivity contribution >= 4 is 50.4 Å². The van der Waals surface area contributed by atoms with Gasteiger partial charge in [-0.25, -0.2) is 0 Å². The lowest BCUT2D eigenvalue weighted by atomic mass is 10.2. The number of para-hydroxylation sites is 1. The van der Waals surface area contributed by atoms with E-state index < -0.39 is 0 Å². The molecule has 0 aliphatic carbocycles. The van der Waals surface area contributed by atoms with E-state index in [2.05, 4.69) is 50.5 Å². The molecule has 30 heavy (non-hydrogen) atoms. The van der Waals surface area contributed by atoms with E-state index >= 15 is 0 Å². The lowest BCUT2D eigenvalue weighted by Gasteiger charge is -2.36. The van der Waals surface area contributed by atoms with Gasteiger partial charge >= 0.3 is 0 Å². The summed E-state index contributed by atoms with van der Waals surface area (Å²) in [6.07, 6.45) is 2.86. The molecule has 0 atom stereocenters. The predicted molar refractivity (Wildman–Crippen MR) is 130 cm³/mol. The lowest BCUT2D eigenvalue weighted by molar-refractivity contribution is 0.225. The van der Waals surface area contributed by atoms with Crippen molar-refractivity contribution in [3.8, 4) is 5.75 Å². The van der Waals surface area contributed by atoms with Crippen LogP contribution in [0.2, 0.25) is 0 Å². The Morgan fingerprint density at radius 2 is 1.77 bits per heavy atom. The Labute approximate surface area is 187 Å². The van der Waals surface area contributed by atoms with E-state index in [4.69, 9.17) is 4.74 Å². The molecule has 4 aromatic rings. The smallest absolute Gasteiger partial charge is 0.130 e. The third kappa shape index (κ3) is 4.38. The van der Waals surface area contributed by atoms with Crippen LogP contribution < -0.4 is 9.64 Å². The first kappa shape index (κ1) is 20.9. The van der Waals surface area contributed by atoms with E-state index in [9.17, 15) is 0 Å². The molecular formula is C24H26ClN3OS. The van der Waals surface area contributed by atoms with Gasteiger partial charge in [0.15, 0.2) is 0 Å². The number of halogens is 1. The minimum atomic E-state index is 0. The molecule has 0 bridgehead atoms. The molecule has 1 aliphatic heterocycles. The highest BCUT2D eigenvalue weighted by atomic mass is 35.5. The van der Waals surface area contributed by atoms with Crippen molar-refractivity contribution in [2.75, 3.05) is 44.2 Å². The minimum Gasteiger partial charge on any atom is -0.493 e. The molecule has 3 heterocycles. The van der Waals surface area contributed by atoms with E-state index in [1.807, 2.05) is 41.8 Å². The van der Waals surface area contributed by atoms with Crippen molar-refractivity contribution < 1.29 is 4.74 Å². The van der Waals surface area contributed by atoms with Crippen LogP contribution in [0.25, 0.3) is 21.0 Å². The van der Waals surface area contributed by atoms with Gasteiger partial charge in [-0.1, -0.05) is 18.2 Å². The van der Waals surface area contributed by atoms with Crippen LogP contribution in [-0.2, 0) is 0 Å². The Morgan fingerprint density at radius 1 is 0.900 bits per heavy atom. The summed E-state index contributed by atoms with van der Waals surface area (Å²) < 4.78 is 7.44. The minimum absolute atomic E-state index is 0. The van der Waals surface area contributed by atoms with E-state index in [1.165, 1.54) is 15.8 Å². The number of pyridine rings is 1. The molecule has 0 amide bonds. The zero-order chi connectivity index (χ0) is 19.5. The van der Waals surface area contributed by atoms with E-state index in [0.717, 1.165) is 62.4 Å². The van der Waals surface area contributed by atoms with Crippen LogP contribution in [0.3, 0.4) is 0 Å². The SMILES string of the molecule is Cl.c1ccc2c(OCCCN3CCN(c4cccc5sccc45)CC3)ccnc2c1. The van der Waals surface area contributed by atoms with E-state index in [0.29, 0.717) is 0 Å². The Balaban J connectivity index is 0.00000218. The average Bonchev–Trinajstić information content (AvgIpc) is 3.26. The van der Waals surface area contributed by atoms with Gasteiger partial charge in [-0.15, -0.1) is 23.7 Å².